The predicted octanol–water partition coefficient (Wildman–Crippen LogP) is 2.79. The lowest BCUT2D eigenvalue weighted by Crippen LogP contribution is -2.49. The number of nitro benzene ring substituents is 1. The van der Waals surface area contributed by atoms with Crippen molar-refractivity contribution in [2.45, 2.75) is 33.2 Å². The highest BCUT2D eigenvalue weighted by Crippen LogP contribution is 2.33. The van der Waals surface area contributed by atoms with E-state index in [1.54, 1.807) is 13.0 Å². The van der Waals surface area contributed by atoms with Gasteiger partial charge in [0.15, 0.2) is 5.13 Å². The van der Waals surface area contributed by atoms with Gasteiger partial charge in [-0.15, -0.1) is 0 Å². The Morgan fingerprint density at radius 3 is 2.60 bits per heavy atom. The lowest BCUT2D eigenvalue weighted by Gasteiger charge is -2.37. The van der Waals surface area contributed by atoms with Crippen molar-refractivity contribution in [3.05, 3.63) is 38.2 Å². The van der Waals surface area contributed by atoms with Crippen molar-refractivity contribution in [2.24, 2.45) is 0 Å². The first-order chi connectivity index (χ1) is 11.9. The number of benzene rings is 1. The van der Waals surface area contributed by atoms with Gasteiger partial charge in [0.05, 0.1) is 10.3 Å². The minimum atomic E-state index is -0.421. The second-order valence-electron chi connectivity index (χ2n) is 6.50. The molecule has 0 bridgehead atoms. The molecule has 2 aromatic rings. The van der Waals surface area contributed by atoms with Crippen LogP contribution in [0, 0.1) is 17.0 Å². The molecule has 0 radical (unpaired) electrons. The quantitative estimate of drug-likeness (QED) is 0.615. The van der Waals surface area contributed by atoms with Gasteiger partial charge >= 0.3 is 0 Å². The molecule has 0 saturated carbocycles. The van der Waals surface area contributed by atoms with E-state index in [1.165, 1.54) is 17.4 Å². The molecule has 3 rings (SSSR count). The smallest absolute Gasteiger partial charge is 0.287 e. The van der Waals surface area contributed by atoms with Crippen LogP contribution < -0.4 is 10.5 Å². The summed E-state index contributed by atoms with van der Waals surface area (Å²) in [5.74, 6) is 0. The molecular weight excluding hydrogens is 340 g/mol. The topological polar surface area (TPSA) is 79.6 Å². The van der Waals surface area contributed by atoms with E-state index in [4.69, 9.17) is 0 Å². The summed E-state index contributed by atoms with van der Waals surface area (Å²) in [6, 6.07) is 3.73. The number of non-ortho nitro benzene ring substituents is 1. The van der Waals surface area contributed by atoms with Gasteiger partial charge in [-0.25, -0.2) is 0 Å². The molecule has 0 spiro atoms. The van der Waals surface area contributed by atoms with Crippen molar-refractivity contribution in [3.63, 3.8) is 0 Å². The maximum atomic E-state index is 12.4. The number of fused-ring (bicyclic) bond motifs is 1. The van der Waals surface area contributed by atoms with Gasteiger partial charge in [-0.2, -0.15) is 4.98 Å². The van der Waals surface area contributed by atoms with Gasteiger partial charge in [-0.1, -0.05) is 18.3 Å². The van der Waals surface area contributed by atoms with E-state index in [0.717, 1.165) is 32.6 Å². The monoisotopic (exact) mass is 362 g/mol. The van der Waals surface area contributed by atoms with Crippen LogP contribution in [0.4, 0.5) is 10.8 Å². The van der Waals surface area contributed by atoms with E-state index in [0.29, 0.717) is 26.8 Å². The zero-order chi connectivity index (χ0) is 18.1. The van der Waals surface area contributed by atoms with Crippen LogP contribution in [0.2, 0.25) is 0 Å². The van der Waals surface area contributed by atoms with Crippen LogP contribution in [-0.4, -0.2) is 47.0 Å². The van der Waals surface area contributed by atoms with Gasteiger partial charge in [0.2, 0.25) is 0 Å². The number of hydrogen-bond donors (Lipinski definition) is 0. The summed E-state index contributed by atoms with van der Waals surface area (Å²) in [6.45, 7) is 9.51. The Hall–Kier alpha value is -2.06. The first-order valence-electron chi connectivity index (χ1n) is 8.49. The van der Waals surface area contributed by atoms with Gasteiger partial charge in [0, 0.05) is 38.3 Å². The third kappa shape index (κ3) is 3.50. The van der Waals surface area contributed by atoms with Crippen LogP contribution in [0.1, 0.15) is 25.8 Å². The molecule has 1 aliphatic rings. The van der Waals surface area contributed by atoms with Crippen molar-refractivity contribution >= 4 is 32.2 Å². The SMILES string of the molecule is CCC(C)N1CCN(c2nc(=O)c3cc(C)cc([N+](=O)[O-])c3s2)CC1. The first kappa shape index (κ1) is 17.8. The third-order valence-electron chi connectivity index (χ3n) is 4.83. The maximum absolute atomic E-state index is 12.4. The van der Waals surface area contributed by atoms with Crippen molar-refractivity contribution in [2.75, 3.05) is 31.1 Å². The van der Waals surface area contributed by atoms with Crippen LogP contribution in [-0.2, 0) is 0 Å². The highest BCUT2D eigenvalue weighted by atomic mass is 32.1. The number of aromatic nitrogens is 1. The zero-order valence-electron chi connectivity index (χ0n) is 14.7. The normalized spacial score (nSPS) is 17.0. The van der Waals surface area contributed by atoms with Gasteiger partial charge in [0.1, 0.15) is 4.70 Å². The van der Waals surface area contributed by atoms with Gasteiger partial charge in [-0.05, 0) is 31.9 Å². The van der Waals surface area contributed by atoms with Crippen molar-refractivity contribution in [1.29, 1.82) is 0 Å². The van der Waals surface area contributed by atoms with Crippen LogP contribution in [0.5, 0.6) is 0 Å². The fourth-order valence-corrected chi connectivity index (χ4v) is 4.28. The van der Waals surface area contributed by atoms with Gasteiger partial charge in [0.25, 0.3) is 11.2 Å². The lowest BCUT2D eigenvalue weighted by molar-refractivity contribution is -0.382. The molecule has 1 atom stereocenters. The molecule has 2 heterocycles. The summed E-state index contributed by atoms with van der Waals surface area (Å²) in [5, 5.41) is 12.3. The lowest BCUT2D eigenvalue weighted by atomic mass is 10.1. The standard InChI is InChI=1S/C17H22N4O3S/c1-4-12(3)19-5-7-20(8-6-19)17-18-16(22)13-9-11(2)10-14(21(23)24)15(13)25-17/h9-10,12H,4-8H2,1-3H3. The Labute approximate surface area is 150 Å². The molecule has 1 fully saturated rings. The molecule has 1 saturated heterocycles. The summed E-state index contributed by atoms with van der Waals surface area (Å²) in [7, 11) is 0. The Morgan fingerprint density at radius 2 is 2.00 bits per heavy atom. The van der Waals surface area contributed by atoms with E-state index in [9.17, 15) is 14.9 Å². The number of aryl methyl sites for hydroxylation is 1. The number of piperazine rings is 1. The number of anilines is 1. The average molecular weight is 362 g/mol. The van der Waals surface area contributed by atoms with Gasteiger partial charge in [-0.3, -0.25) is 19.8 Å². The fourth-order valence-electron chi connectivity index (χ4n) is 3.16. The molecule has 0 N–H and O–H groups in total. The molecule has 1 aromatic heterocycles. The summed E-state index contributed by atoms with van der Waals surface area (Å²) in [6.07, 6.45) is 1.10. The Bertz CT molecular complexity index is 859. The summed E-state index contributed by atoms with van der Waals surface area (Å²) in [4.78, 5) is 32.1. The Morgan fingerprint density at radius 1 is 1.32 bits per heavy atom. The molecule has 1 unspecified atom stereocenters. The molecule has 8 heteroatoms. The summed E-state index contributed by atoms with van der Waals surface area (Å²) < 4.78 is 0.412. The van der Waals surface area contributed by atoms with E-state index in [2.05, 4.69) is 28.6 Å². The number of nitrogens with zero attached hydrogens (tertiary/aromatic N) is 4. The van der Waals surface area contributed by atoms with Crippen LogP contribution in [0.3, 0.4) is 0 Å². The largest absolute Gasteiger partial charge is 0.345 e. The molecule has 1 aromatic carbocycles. The number of hydrogen-bond acceptors (Lipinski definition) is 7. The highest BCUT2D eigenvalue weighted by Gasteiger charge is 2.24. The molecular formula is C17H22N4O3S. The molecule has 134 valence electrons. The second-order valence-corrected chi connectivity index (χ2v) is 7.48. The fraction of sp³-hybridized carbons (Fsp3) is 0.529. The third-order valence-corrected chi connectivity index (χ3v) is 6.00. The highest BCUT2D eigenvalue weighted by molar-refractivity contribution is 7.22. The van der Waals surface area contributed by atoms with Crippen LogP contribution >= 0.6 is 11.3 Å². The van der Waals surface area contributed by atoms with E-state index in [-0.39, 0.29) is 11.2 Å². The maximum Gasteiger partial charge on any atom is 0.287 e. The average Bonchev–Trinajstić information content (AvgIpc) is 2.61. The van der Waals surface area contributed by atoms with Crippen LogP contribution in [0.15, 0.2) is 16.9 Å². The van der Waals surface area contributed by atoms with E-state index >= 15 is 0 Å². The minimum Gasteiger partial charge on any atom is -0.345 e. The predicted molar refractivity (Wildman–Crippen MR) is 101 cm³/mol. The van der Waals surface area contributed by atoms with Crippen molar-refractivity contribution < 1.29 is 4.92 Å². The number of rotatable bonds is 4. The minimum absolute atomic E-state index is 0.0148. The Balaban J connectivity index is 1.96. The summed E-state index contributed by atoms with van der Waals surface area (Å²) in [5.41, 5.74) is 0.291. The van der Waals surface area contributed by atoms with E-state index < -0.39 is 4.92 Å². The second kappa shape index (κ2) is 7.05. The molecule has 1 aliphatic heterocycles. The molecule has 25 heavy (non-hydrogen) atoms. The zero-order valence-corrected chi connectivity index (χ0v) is 15.5. The molecule has 0 amide bonds. The molecule has 7 nitrogen and oxygen atoms in total. The molecule has 0 aliphatic carbocycles. The Kier molecular flexibility index (Phi) is 5.01. The van der Waals surface area contributed by atoms with Crippen LogP contribution in [0.25, 0.3) is 10.1 Å². The number of nitro groups is 1. The van der Waals surface area contributed by atoms with Gasteiger partial charge < -0.3 is 4.90 Å². The van der Waals surface area contributed by atoms with E-state index in [1.807, 2.05) is 0 Å². The van der Waals surface area contributed by atoms with Crippen molar-refractivity contribution in [3.8, 4) is 0 Å². The summed E-state index contributed by atoms with van der Waals surface area (Å²) >= 11 is 1.24. The first-order valence-corrected chi connectivity index (χ1v) is 9.31. The van der Waals surface area contributed by atoms with Crippen molar-refractivity contribution in [1.82, 2.24) is 9.88 Å².